The second kappa shape index (κ2) is 8.85. The zero-order valence-corrected chi connectivity index (χ0v) is 18.9. The summed E-state index contributed by atoms with van der Waals surface area (Å²) in [6.07, 6.45) is 3.25. The summed E-state index contributed by atoms with van der Waals surface area (Å²) in [5.41, 5.74) is 3.22. The summed E-state index contributed by atoms with van der Waals surface area (Å²) in [6, 6.07) is 17.1. The third-order valence-corrected chi connectivity index (χ3v) is 6.52. The number of anilines is 2. The van der Waals surface area contributed by atoms with Gasteiger partial charge in [0.1, 0.15) is 10.8 Å². The van der Waals surface area contributed by atoms with Crippen LogP contribution in [0.2, 0.25) is 0 Å². The van der Waals surface area contributed by atoms with Gasteiger partial charge in [0.15, 0.2) is 5.76 Å². The van der Waals surface area contributed by atoms with Gasteiger partial charge in [-0.1, -0.05) is 34.1 Å². The lowest BCUT2D eigenvalue weighted by atomic mass is 9.96. The molecule has 0 saturated heterocycles. The fourth-order valence-corrected chi connectivity index (χ4v) is 4.59. The van der Waals surface area contributed by atoms with Crippen molar-refractivity contribution < 1.29 is 9.21 Å². The summed E-state index contributed by atoms with van der Waals surface area (Å²) in [6.45, 7) is 4.14. The fourth-order valence-electron chi connectivity index (χ4n) is 3.23. The van der Waals surface area contributed by atoms with Gasteiger partial charge in [-0.05, 0) is 61.4 Å². The minimum atomic E-state index is -0.269. The van der Waals surface area contributed by atoms with Crippen LogP contribution in [-0.4, -0.2) is 10.9 Å². The van der Waals surface area contributed by atoms with E-state index in [0.29, 0.717) is 0 Å². The molecule has 4 aromatic rings. The van der Waals surface area contributed by atoms with Gasteiger partial charge in [-0.25, -0.2) is 4.98 Å². The maximum Gasteiger partial charge on any atom is 0.291 e. The molecule has 0 bridgehead atoms. The first kappa shape index (κ1) is 20.4. The van der Waals surface area contributed by atoms with Gasteiger partial charge in [0.2, 0.25) is 0 Å². The molecule has 0 unspecified atom stereocenters. The number of nitrogens with one attached hydrogen (secondary N) is 2. The monoisotopic (exact) mass is 481 g/mol. The number of hydrogen-bond acceptors (Lipinski definition) is 5. The van der Waals surface area contributed by atoms with Gasteiger partial charge in [-0.15, -0.1) is 11.3 Å². The molecule has 7 heteroatoms. The minimum absolute atomic E-state index is 0.190. The fraction of sp³-hybridized carbons (Fsp3) is 0.130. The number of rotatable bonds is 6. The number of pyridine rings is 1. The van der Waals surface area contributed by atoms with E-state index in [1.54, 1.807) is 29.7 Å². The predicted octanol–water partition coefficient (Wildman–Crippen LogP) is 6.57. The van der Waals surface area contributed by atoms with Crippen LogP contribution in [0, 0.1) is 13.8 Å². The largest absolute Gasteiger partial charge is 0.459 e. The molecule has 0 saturated carbocycles. The van der Waals surface area contributed by atoms with E-state index in [1.165, 1.54) is 6.26 Å². The molecule has 0 aliphatic heterocycles. The predicted molar refractivity (Wildman–Crippen MR) is 124 cm³/mol. The summed E-state index contributed by atoms with van der Waals surface area (Å²) in [4.78, 5) is 18.3. The van der Waals surface area contributed by atoms with Crippen LogP contribution in [0.15, 0.2) is 75.9 Å². The maximum absolute atomic E-state index is 12.7. The molecular formula is C23H20BrN3O2S. The smallest absolute Gasteiger partial charge is 0.291 e. The average Bonchev–Trinajstić information content (AvgIpc) is 3.37. The standard InChI is InChI=1S/C23H20BrN3O2S/c1-14-15(2)30-23(27-22(28)18-6-5-13-29-18)20(14)21(16-8-10-17(24)11-9-16)26-19-7-3-4-12-25-19/h3-13,21H,1-2H3,(H,25,26)(H,27,28)/t21-/m1/s1. The second-order valence-electron chi connectivity index (χ2n) is 6.80. The Morgan fingerprint density at radius 1 is 1.10 bits per heavy atom. The Morgan fingerprint density at radius 2 is 1.90 bits per heavy atom. The Kier molecular flexibility index (Phi) is 6.01. The molecular weight excluding hydrogens is 462 g/mol. The normalized spacial score (nSPS) is 11.8. The lowest BCUT2D eigenvalue weighted by molar-refractivity contribution is 0.0997. The number of carbonyl (C=O) groups excluding carboxylic acids is 1. The zero-order valence-electron chi connectivity index (χ0n) is 16.5. The quantitative estimate of drug-likeness (QED) is 0.326. The van der Waals surface area contributed by atoms with Crippen LogP contribution in [0.1, 0.15) is 38.2 Å². The third kappa shape index (κ3) is 4.32. The Labute approximate surface area is 187 Å². The molecule has 30 heavy (non-hydrogen) atoms. The van der Waals surface area contributed by atoms with E-state index in [-0.39, 0.29) is 17.7 Å². The molecule has 152 valence electrons. The summed E-state index contributed by atoms with van der Waals surface area (Å²) in [5, 5.41) is 7.37. The highest BCUT2D eigenvalue weighted by atomic mass is 79.9. The van der Waals surface area contributed by atoms with Crippen molar-refractivity contribution in [3.05, 3.63) is 98.9 Å². The first-order valence-electron chi connectivity index (χ1n) is 9.40. The number of halogens is 1. The molecule has 0 radical (unpaired) electrons. The van der Waals surface area contributed by atoms with E-state index < -0.39 is 0 Å². The van der Waals surface area contributed by atoms with Crippen molar-refractivity contribution in [2.75, 3.05) is 10.6 Å². The molecule has 2 N–H and O–H groups in total. The maximum atomic E-state index is 12.7. The molecule has 1 aromatic carbocycles. The Balaban J connectivity index is 1.77. The van der Waals surface area contributed by atoms with E-state index in [0.717, 1.165) is 36.9 Å². The van der Waals surface area contributed by atoms with Gasteiger partial charge in [0, 0.05) is 21.1 Å². The molecule has 0 aliphatic carbocycles. The highest BCUT2D eigenvalue weighted by molar-refractivity contribution is 9.10. The Morgan fingerprint density at radius 3 is 2.57 bits per heavy atom. The van der Waals surface area contributed by atoms with Crippen molar-refractivity contribution in [2.24, 2.45) is 0 Å². The Hall–Kier alpha value is -2.90. The van der Waals surface area contributed by atoms with Crippen LogP contribution in [0.5, 0.6) is 0 Å². The van der Waals surface area contributed by atoms with Crippen LogP contribution >= 0.6 is 27.3 Å². The number of aromatic nitrogens is 1. The van der Waals surface area contributed by atoms with Crippen molar-refractivity contribution in [2.45, 2.75) is 19.9 Å². The highest BCUT2D eigenvalue weighted by Crippen LogP contribution is 2.41. The number of amides is 1. The van der Waals surface area contributed by atoms with Gasteiger partial charge < -0.3 is 15.1 Å². The van der Waals surface area contributed by atoms with Gasteiger partial charge >= 0.3 is 0 Å². The van der Waals surface area contributed by atoms with Gasteiger partial charge in [0.05, 0.1) is 12.3 Å². The number of hydrogen-bond donors (Lipinski definition) is 2. The molecule has 0 spiro atoms. The van der Waals surface area contributed by atoms with Crippen molar-refractivity contribution >= 4 is 44.0 Å². The summed E-state index contributed by atoms with van der Waals surface area (Å²) in [5.74, 6) is 0.773. The minimum Gasteiger partial charge on any atom is -0.459 e. The summed E-state index contributed by atoms with van der Waals surface area (Å²) >= 11 is 5.07. The SMILES string of the molecule is Cc1sc(NC(=O)c2ccco2)c([C@H](Nc2ccccn2)c2ccc(Br)cc2)c1C. The van der Waals surface area contributed by atoms with Gasteiger partial charge in [-0.3, -0.25) is 4.79 Å². The number of benzene rings is 1. The second-order valence-corrected chi connectivity index (χ2v) is 8.94. The lowest BCUT2D eigenvalue weighted by Gasteiger charge is -2.22. The lowest BCUT2D eigenvalue weighted by Crippen LogP contribution is -2.17. The van der Waals surface area contributed by atoms with Crippen LogP contribution in [0.4, 0.5) is 10.8 Å². The number of nitrogens with zero attached hydrogens (tertiary/aromatic N) is 1. The van der Waals surface area contributed by atoms with Crippen molar-refractivity contribution in [3.8, 4) is 0 Å². The van der Waals surface area contributed by atoms with E-state index in [2.05, 4.69) is 57.5 Å². The molecule has 4 rings (SSSR count). The first-order chi connectivity index (χ1) is 14.5. The number of furan rings is 1. The van der Waals surface area contributed by atoms with Crippen molar-refractivity contribution in [3.63, 3.8) is 0 Å². The summed E-state index contributed by atoms with van der Waals surface area (Å²) in [7, 11) is 0. The Bertz CT molecular complexity index is 1140. The van der Waals surface area contributed by atoms with E-state index in [1.807, 2.05) is 30.3 Å². The van der Waals surface area contributed by atoms with E-state index in [4.69, 9.17) is 4.42 Å². The molecule has 1 atom stereocenters. The van der Waals surface area contributed by atoms with Gasteiger partial charge in [-0.2, -0.15) is 0 Å². The first-order valence-corrected chi connectivity index (χ1v) is 11.0. The molecule has 3 heterocycles. The van der Waals surface area contributed by atoms with Crippen LogP contribution < -0.4 is 10.6 Å². The van der Waals surface area contributed by atoms with Crippen molar-refractivity contribution in [1.29, 1.82) is 0 Å². The third-order valence-electron chi connectivity index (χ3n) is 4.85. The molecule has 3 aromatic heterocycles. The van der Waals surface area contributed by atoms with E-state index >= 15 is 0 Å². The molecule has 1 amide bonds. The number of aryl methyl sites for hydroxylation is 1. The number of carbonyl (C=O) groups is 1. The summed E-state index contributed by atoms with van der Waals surface area (Å²) < 4.78 is 6.27. The average molecular weight is 482 g/mol. The zero-order chi connectivity index (χ0) is 21.1. The van der Waals surface area contributed by atoms with Gasteiger partial charge in [0.25, 0.3) is 5.91 Å². The van der Waals surface area contributed by atoms with Crippen LogP contribution in [0.25, 0.3) is 0 Å². The molecule has 5 nitrogen and oxygen atoms in total. The number of thiophene rings is 1. The molecule has 0 aliphatic rings. The van der Waals surface area contributed by atoms with Crippen LogP contribution in [0.3, 0.4) is 0 Å². The van der Waals surface area contributed by atoms with Crippen LogP contribution in [-0.2, 0) is 0 Å². The van der Waals surface area contributed by atoms with E-state index in [9.17, 15) is 4.79 Å². The highest BCUT2D eigenvalue weighted by Gasteiger charge is 2.25. The molecule has 0 fully saturated rings. The topological polar surface area (TPSA) is 67.2 Å². The van der Waals surface area contributed by atoms with Crippen molar-refractivity contribution in [1.82, 2.24) is 4.98 Å².